The van der Waals surface area contributed by atoms with Crippen molar-refractivity contribution in [3.63, 3.8) is 0 Å². The molecule has 0 saturated carbocycles. The van der Waals surface area contributed by atoms with Crippen LogP contribution in [0.15, 0.2) is 41.3 Å². The van der Waals surface area contributed by atoms with Gasteiger partial charge in [0.05, 0.1) is 15.5 Å². The van der Waals surface area contributed by atoms with Gasteiger partial charge < -0.3 is 4.74 Å². The lowest BCUT2D eigenvalue weighted by atomic mass is 9.98. The molecule has 0 bridgehead atoms. The van der Waals surface area contributed by atoms with Crippen molar-refractivity contribution in [2.75, 3.05) is 6.61 Å². The highest BCUT2D eigenvalue weighted by atomic mass is 35.5. The fraction of sp³-hybridized carbons (Fsp3) is 0.263. The summed E-state index contributed by atoms with van der Waals surface area (Å²) >= 11 is 5.94. The topological polar surface area (TPSA) is 104 Å². The summed E-state index contributed by atoms with van der Waals surface area (Å²) in [5, 5.41) is 5.06. The summed E-state index contributed by atoms with van der Waals surface area (Å²) in [6, 6.07) is 9.09. The number of ether oxygens (including phenoxy) is 1. The molecule has 2 aromatic carbocycles. The Morgan fingerprint density at radius 2 is 1.74 bits per heavy atom. The third kappa shape index (κ3) is 5.15. The van der Waals surface area contributed by atoms with E-state index in [2.05, 4.69) is 0 Å². The number of nitrogens with two attached hydrogens (primary N) is 1. The Morgan fingerprint density at radius 3 is 2.33 bits per heavy atom. The summed E-state index contributed by atoms with van der Waals surface area (Å²) in [6.07, 6.45) is 1.45. The minimum absolute atomic E-state index is 0.00192. The Labute approximate surface area is 163 Å². The van der Waals surface area contributed by atoms with Gasteiger partial charge in [-0.15, -0.1) is 0 Å². The standard InChI is InChI=1S/C19H20ClNO5S/c1-3-12-5-6-13(4-2)15(9-12)18(22)11-26-19(23)16-10-14(27(21,24)25)7-8-17(16)20/h5-10H,3-4,11H2,1-2H3,(H2,21,24,25). The van der Waals surface area contributed by atoms with Crippen LogP contribution in [0.2, 0.25) is 5.02 Å². The lowest BCUT2D eigenvalue weighted by molar-refractivity contribution is 0.0474. The van der Waals surface area contributed by atoms with Crippen LogP contribution in [0.3, 0.4) is 0 Å². The molecular formula is C19H20ClNO5S. The van der Waals surface area contributed by atoms with Gasteiger partial charge in [-0.05, 0) is 48.2 Å². The van der Waals surface area contributed by atoms with Crippen LogP contribution in [-0.4, -0.2) is 26.8 Å². The zero-order chi connectivity index (χ0) is 20.2. The number of rotatable bonds is 7. The quantitative estimate of drug-likeness (QED) is 0.558. The minimum atomic E-state index is -4.00. The zero-order valence-electron chi connectivity index (χ0n) is 15.0. The molecule has 6 nitrogen and oxygen atoms in total. The van der Waals surface area contributed by atoms with Gasteiger partial charge in [-0.1, -0.05) is 37.6 Å². The number of primary sulfonamides is 1. The van der Waals surface area contributed by atoms with E-state index in [1.807, 2.05) is 26.0 Å². The molecule has 27 heavy (non-hydrogen) atoms. The summed E-state index contributed by atoms with van der Waals surface area (Å²) in [5.41, 5.74) is 2.20. The number of Topliss-reactive ketones (excluding diaryl/α,β-unsaturated/α-hetero) is 1. The Bertz CT molecular complexity index is 986. The van der Waals surface area contributed by atoms with Gasteiger partial charge >= 0.3 is 5.97 Å². The molecule has 0 spiro atoms. The van der Waals surface area contributed by atoms with E-state index in [0.717, 1.165) is 23.6 Å². The van der Waals surface area contributed by atoms with E-state index in [9.17, 15) is 18.0 Å². The van der Waals surface area contributed by atoms with Gasteiger partial charge in [-0.25, -0.2) is 18.4 Å². The van der Waals surface area contributed by atoms with Gasteiger partial charge in [0.2, 0.25) is 15.8 Å². The normalized spacial score (nSPS) is 11.3. The molecule has 0 aliphatic rings. The van der Waals surface area contributed by atoms with Crippen molar-refractivity contribution in [3.05, 3.63) is 63.7 Å². The molecule has 0 amide bonds. The van der Waals surface area contributed by atoms with Gasteiger partial charge in [0.15, 0.2) is 6.61 Å². The minimum Gasteiger partial charge on any atom is -0.454 e. The molecule has 2 rings (SSSR count). The first kappa shape index (κ1) is 21.1. The van der Waals surface area contributed by atoms with E-state index in [0.29, 0.717) is 12.0 Å². The molecule has 144 valence electrons. The Balaban J connectivity index is 2.20. The molecule has 0 aliphatic heterocycles. The summed E-state index contributed by atoms with van der Waals surface area (Å²) in [5.74, 6) is -1.24. The van der Waals surface area contributed by atoms with Crippen molar-refractivity contribution in [1.82, 2.24) is 0 Å². The highest BCUT2D eigenvalue weighted by Crippen LogP contribution is 2.21. The number of carbonyl (C=O) groups is 2. The number of halogens is 1. The molecule has 0 unspecified atom stereocenters. The average molecular weight is 410 g/mol. The molecule has 8 heteroatoms. The van der Waals surface area contributed by atoms with Crippen LogP contribution in [0.4, 0.5) is 0 Å². The van der Waals surface area contributed by atoms with Crippen molar-refractivity contribution in [3.8, 4) is 0 Å². The van der Waals surface area contributed by atoms with Gasteiger partial charge in [-0.3, -0.25) is 4.79 Å². The predicted molar refractivity (Wildman–Crippen MR) is 103 cm³/mol. The second kappa shape index (κ2) is 8.65. The molecule has 0 fully saturated rings. The van der Waals surface area contributed by atoms with E-state index < -0.39 is 22.6 Å². The third-order valence-electron chi connectivity index (χ3n) is 4.08. The number of hydrogen-bond donors (Lipinski definition) is 1. The fourth-order valence-electron chi connectivity index (χ4n) is 2.54. The molecule has 0 aromatic heterocycles. The van der Waals surface area contributed by atoms with Gasteiger partial charge in [0, 0.05) is 5.56 Å². The van der Waals surface area contributed by atoms with E-state index in [1.54, 1.807) is 6.07 Å². The Hall–Kier alpha value is -2.22. The highest BCUT2D eigenvalue weighted by molar-refractivity contribution is 7.89. The van der Waals surface area contributed by atoms with E-state index in [4.69, 9.17) is 21.5 Å². The first-order valence-electron chi connectivity index (χ1n) is 8.31. The molecule has 0 radical (unpaired) electrons. The molecule has 0 aliphatic carbocycles. The second-order valence-electron chi connectivity index (χ2n) is 5.88. The van der Waals surface area contributed by atoms with E-state index >= 15 is 0 Å². The number of benzene rings is 2. The van der Waals surface area contributed by atoms with Gasteiger partial charge in [-0.2, -0.15) is 0 Å². The smallest absolute Gasteiger partial charge is 0.340 e. The largest absolute Gasteiger partial charge is 0.454 e. The van der Waals surface area contributed by atoms with Crippen LogP contribution in [0.1, 0.15) is 45.7 Å². The number of hydrogen-bond acceptors (Lipinski definition) is 5. The number of aryl methyl sites for hydroxylation is 2. The van der Waals surface area contributed by atoms with Crippen LogP contribution < -0.4 is 5.14 Å². The first-order valence-corrected chi connectivity index (χ1v) is 10.2. The lowest BCUT2D eigenvalue weighted by Gasteiger charge is -2.11. The maximum absolute atomic E-state index is 12.5. The molecule has 2 aromatic rings. The predicted octanol–water partition coefficient (Wildman–Crippen LogP) is 3.15. The first-order chi connectivity index (χ1) is 12.7. The van der Waals surface area contributed by atoms with Crippen LogP contribution in [0.25, 0.3) is 0 Å². The van der Waals surface area contributed by atoms with Crippen molar-refractivity contribution in [1.29, 1.82) is 0 Å². The zero-order valence-corrected chi connectivity index (χ0v) is 16.6. The van der Waals surface area contributed by atoms with Crippen LogP contribution in [-0.2, 0) is 27.6 Å². The summed E-state index contributed by atoms with van der Waals surface area (Å²) in [7, 11) is -4.00. The second-order valence-corrected chi connectivity index (χ2v) is 7.85. The van der Waals surface area contributed by atoms with Crippen molar-refractivity contribution in [2.24, 2.45) is 5.14 Å². The van der Waals surface area contributed by atoms with Crippen molar-refractivity contribution in [2.45, 2.75) is 31.6 Å². The lowest BCUT2D eigenvalue weighted by Crippen LogP contribution is -2.17. The van der Waals surface area contributed by atoms with Crippen molar-refractivity contribution < 1.29 is 22.7 Å². The monoisotopic (exact) mass is 409 g/mol. The SMILES string of the molecule is CCc1ccc(CC)c(C(=O)COC(=O)c2cc(S(N)(=O)=O)ccc2Cl)c1. The van der Waals surface area contributed by atoms with Gasteiger partial charge in [0.1, 0.15) is 0 Å². The number of carbonyl (C=O) groups excluding carboxylic acids is 2. The highest BCUT2D eigenvalue weighted by Gasteiger charge is 2.19. The van der Waals surface area contributed by atoms with Crippen LogP contribution >= 0.6 is 11.6 Å². The van der Waals surface area contributed by atoms with Crippen LogP contribution in [0, 0.1) is 0 Å². The van der Waals surface area contributed by atoms with E-state index in [-0.39, 0.29) is 21.3 Å². The third-order valence-corrected chi connectivity index (χ3v) is 5.33. The molecule has 0 heterocycles. The maximum Gasteiger partial charge on any atom is 0.340 e. The number of sulfonamides is 1. The molecule has 0 saturated heterocycles. The summed E-state index contributed by atoms with van der Waals surface area (Å²) in [6.45, 7) is 3.44. The average Bonchev–Trinajstić information content (AvgIpc) is 2.64. The van der Waals surface area contributed by atoms with Crippen molar-refractivity contribution >= 4 is 33.4 Å². The van der Waals surface area contributed by atoms with Gasteiger partial charge in [0.25, 0.3) is 0 Å². The van der Waals surface area contributed by atoms with E-state index in [1.165, 1.54) is 12.1 Å². The maximum atomic E-state index is 12.5. The summed E-state index contributed by atoms with van der Waals surface area (Å²) in [4.78, 5) is 24.5. The Morgan fingerprint density at radius 1 is 1.04 bits per heavy atom. The number of ketones is 1. The Kier molecular flexibility index (Phi) is 6.75. The fourth-order valence-corrected chi connectivity index (χ4v) is 3.27. The molecular weight excluding hydrogens is 390 g/mol. The summed E-state index contributed by atoms with van der Waals surface area (Å²) < 4.78 is 27.9. The molecule has 2 N–H and O–H groups in total. The number of esters is 1. The van der Waals surface area contributed by atoms with Crippen LogP contribution in [0.5, 0.6) is 0 Å². The molecule has 0 atom stereocenters.